The van der Waals surface area contributed by atoms with Gasteiger partial charge in [-0.2, -0.15) is 0 Å². The standard InChI is InChI=1S/C24H25FN2O4S/c1-4-31-19-12-10-18(11-13-19)17(3)26-24(28)21-15-20(14-9-16(21)2)32(29,30)27-23-8-6-5-7-22(23)25/h5-15,17,27H,4H2,1-3H3,(H,26,28). The van der Waals surface area contributed by atoms with Crippen molar-refractivity contribution in [2.24, 2.45) is 0 Å². The van der Waals surface area contributed by atoms with Crippen molar-refractivity contribution in [1.29, 1.82) is 0 Å². The molecule has 0 aromatic heterocycles. The molecule has 1 atom stereocenters. The highest BCUT2D eigenvalue weighted by Gasteiger charge is 2.20. The van der Waals surface area contributed by atoms with Gasteiger partial charge in [0.2, 0.25) is 0 Å². The Bertz CT molecular complexity index is 1210. The summed E-state index contributed by atoms with van der Waals surface area (Å²) in [4.78, 5) is 12.8. The molecule has 0 aliphatic heterocycles. The molecule has 0 saturated carbocycles. The van der Waals surface area contributed by atoms with Gasteiger partial charge < -0.3 is 10.1 Å². The highest BCUT2D eigenvalue weighted by atomic mass is 32.2. The lowest BCUT2D eigenvalue weighted by Gasteiger charge is -2.17. The number of nitrogens with one attached hydrogen (secondary N) is 2. The summed E-state index contributed by atoms with van der Waals surface area (Å²) in [5.41, 5.74) is 1.55. The summed E-state index contributed by atoms with van der Waals surface area (Å²) in [6.07, 6.45) is 0. The Morgan fingerprint density at radius 1 is 1.06 bits per heavy atom. The van der Waals surface area contributed by atoms with Gasteiger partial charge in [0.1, 0.15) is 11.6 Å². The number of para-hydroxylation sites is 1. The van der Waals surface area contributed by atoms with E-state index in [0.29, 0.717) is 12.2 Å². The van der Waals surface area contributed by atoms with Gasteiger partial charge in [-0.25, -0.2) is 12.8 Å². The molecule has 1 unspecified atom stereocenters. The zero-order chi connectivity index (χ0) is 23.3. The maximum absolute atomic E-state index is 13.9. The van der Waals surface area contributed by atoms with E-state index < -0.39 is 21.7 Å². The first-order chi connectivity index (χ1) is 15.2. The van der Waals surface area contributed by atoms with Gasteiger partial charge in [-0.15, -0.1) is 0 Å². The number of sulfonamides is 1. The quantitative estimate of drug-likeness (QED) is 0.509. The number of anilines is 1. The van der Waals surface area contributed by atoms with Crippen molar-refractivity contribution < 1.29 is 22.3 Å². The fourth-order valence-electron chi connectivity index (χ4n) is 3.14. The largest absolute Gasteiger partial charge is 0.494 e. The van der Waals surface area contributed by atoms with Crippen LogP contribution in [0.3, 0.4) is 0 Å². The molecular weight excluding hydrogens is 431 g/mol. The third-order valence-corrected chi connectivity index (χ3v) is 6.28. The van der Waals surface area contributed by atoms with Crippen molar-refractivity contribution in [3.8, 4) is 5.75 Å². The first kappa shape index (κ1) is 23.3. The molecule has 3 rings (SSSR count). The molecule has 32 heavy (non-hydrogen) atoms. The number of hydrogen-bond acceptors (Lipinski definition) is 4. The minimum absolute atomic E-state index is 0.134. The van der Waals surface area contributed by atoms with Crippen molar-refractivity contribution in [2.75, 3.05) is 11.3 Å². The first-order valence-corrected chi connectivity index (χ1v) is 11.6. The van der Waals surface area contributed by atoms with E-state index in [-0.39, 0.29) is 22.2 Å². The second-order valence-corrected chi connectivity index (χ2v) is 8.94. The SMILES string of the molecule is CCOc1ccc(C(C)NC(=O)c2cc(S(=O)(=O)Nc3ccccc3F)ccc2C)cc1. The summed E-state index contributed by atoms with van der Waals surface area (Å²) in [7, 11) is -4.08. The molecule has 0 radical (unpaired) electrons. The summed E-state index contributed by atoms with van der Waals surface area (Å²) in [5.74, 6) is -0.358. The Morgan fingerprint density at radius 2 is 1.75 bits per heavy atom. The predicted molar refractivity (Wildman–Crippen MR) is 122 cm³/mol. The van der Waals surface area contributed by atoms with Gasteiger partial charge in [0, 0.05) is 5.56 Å². The summed E-state index contributed by atoms with van der Waals surface area (Å²) < 4.78 is 47.0. The number of rotatable bonds is 8. The highest BCUT2D eigenvalue weighted by molar-refractivity contribution is 7.92. The van der Waals surface area contributed by atoms with Gasteiger partial charge in [-0.1, -0.05) is 30.3 Å². The van der Waals surface area contributed by atoms with Gasteiger partial charge in [-0.05, 0) is 68.3 Å². The molecule has 3 aromatic carbocycles. The van der Waals surface area contributed by atoms with Crippen molar-refractivity contribution in [2.45, 2.75) is 31.7 Å². The van der Waals surface area contributed by atoms with Gasteiger partial charge in [-0.3, -0.25) is 9.52 Å². The average Bonchev–Trinajstić information content (AvgIpc) is 2.76. The number of carbonyl (C=O) groups excluding carboxylic acids is 1. The van der Waals surface area contributed by atoms with E-state index in [9.17, 15) is 17.6 Å². The lowest BCUT2D eigenvalue weighted by molar-refractivity contribution is 0.0939. The maximum atomic E-state index is 13.9. The minimum Gasteiger partial charge on any atom is -0.494 e. The van der Waals surface area contributed by atoms with E-state index in [4.69, 9.17) is 4.74 Å². The lowest BCUT2D eigenvalue weighted by atomic mass is 10.1. The molecule has 0 fully saturated rings. The maximum Gasteiger partial charge on any atom is 0.262 e. The molecule has 6 nitrogen and oxygen atoms in total. The van der Waals surface area contributed by atoms with Crippen molar-refractivity contribution >= 4 is 21.6 Å². The summed E-state index contributed by atoms with van der Waals surface area (Å²) in [5, 5.41) is 2.89. The number of aryl methyl sites for hydroxylation is 1. The Morgan fingerprint density at radius 3 is 2.41 bits per heavy atom. The van der Waals surface area contributed by atoms with E-state index >= 15 is 0 Å². The fraction of sp³-hybridized carbons (Fsp3) is 0.208. The van der Waals surface area contributed by atoms with Crippen LogP contribution in [0.5, 0.6) is 5.75 Å². The number of carbonyl (C=O) groups is 1. The van der Waals surface area contributed by atoms with Crippen molar-refractivity contribution in [3.63, 3.8) is 0 Å². The smallest absolute Gasteiger partial charge is 0.262 e. The van der Waals surface area contributed by atoms with Crippen LogP contribution in [-0.4, -0.2) is 20.9 Å². The monoisotopic (exact) mass is 456 g/mol. The second-order valence-electron chi connectivity index (χ2n) is 7.26. The number of hydrogen-bond donors (Lipinski definition) is 2. The Balaban J connectivity index is 1.80. The Labute approximate surface area is 187 Å². The van der Waals surface area contributed by atoms with Crippen LogP contribution in [0.4, 0.5) is 10.1 Å². The van der Waals surface area contributed by atoms with Crippen LogP contribution in [0.25, 0.3) is 0 Å². The van der Waals surface area contributed by atoms with E-state index in [2.05, 4.69) is 10.0 Å². The van der Waals surface area contributed by atoms with Crippen LogP contribution in [0.15, 0.2) is 71.6 Å². The zero-order valence-corrected chi connectivity index (χ0v) is 18.9. The fourth-order valence-corrected chi connectivity index (χ4v) is 4.23. The van der Waals surface area contributed by atoms with Gasteiger partial charge in [0.15, 0.2) is 0 Å². The van der Waals surface area contributed by atoms with Crippen LogP contribution in [0, 0.1) is 12.7 Å². The van der Waals surface area contributed by atoms with E-state index in [1.807, 2.05) is 38.1 Å². The van der Waals surface area contributed by atoms with E-state index in [0.717, 1.165) is 17.4 Å². The number of ether oxygens (including phenoxy) is 1. The molecule has 168 valence electrons. The van der Waals surface area contributed by atoms with Gasteiger partial charge in [0.25, 0.3) is 15.9 Å². The van der Waals surface area contributed by atoms with Crippen LogP contribution in [0.1, 0.15) is 41.4 Å². The van der Waals surface area contributed by atoms with E-state index in [1.165, 1.54) is 30.3 Å². The van der Waals surface area contributed by atoms with Crippen molar-refractivity contribution in [1.82, 2.24) is 5.32 Å². The minimum atomic E-state index is -4.08. The molecule has 0 aliphatic carbocycles. The Hall–Kier alpha value is -3.39. The molecule has 2 N–H and O–H groups in total. The molecule has 0 heterocycles. The van der Waals surface area contributed by atoms with E-state index in [1.54, 1.807) is 13.0 Å². The molecule has 1 amide bonds. The third kappa shape index (κ3) is 5.45. The second kappa shape index (κ2) is 9.82. The summed E-state index contributed by atoms with van der Waals surface area (Å²) in [6.45, 7) is 6.02. The molecule has 3 aromatic rings. The number of amides is 1. The van der Waals surface area contributed by atoms with Crippen LogP contribution < -0.4 is 14.8 Å². The molecule has 8 heteroatoms. The molecule has 0 aliphatic rings. The number of benzene rings is 3. The topological polar surface area (TPSA) is 84.5 Å². The molecular formula is C24H25FN2O4S. The molecule has 0 bridgehead atoms. The normalized spacial score (nSPS) is 12.1. The van der Waals surface area contributed by atoms with Crippen LogP contribution in [0.2, 0.25) is 0 Å². The summed E-state index contributed by atoms with van der Waals surface area (Å²) >= 11 is 0. The highest BCUT2D eigenvalue weighted by Crippen LogP contribution is 2.22. The summed E-state index contributed by atoms with van der Waals surface area (Å²) in [6, 6.07) is 16.8. The third-order valence-electron chi connectivity index (χ3n) is 4.92. The van der Waals surface area contributed by atoms with Crippen LogP contribution in [-0.2, 0) is 10.0 Å². The van der Waals surface area contributed by atoms with Crippen LogP contribution >= 0.6 is 0 Å². The molecule has 0 spiro atoms. The average molecular weight is 457 g/mol. The number of halogens is 1. The van der Waals surface area contributed by atoms with Crippen molar-refractivity contribution in [3.05, 3.63) is 89.2 Å². The first-order valence-electron chi connectivity index (χ1n) is 10.1. The van der Waals surface area contributed by atoms with Gasteiger partial charge >= 0.3 is 0 Å². The Kier molecular flexibility index (Phi) is 7.15. The predicted octanol–water partition coefficient (Wildman–Crippen LogP) is 4.82. The van der Waals surface area contributed by atoms with Gasteiger partial charge in [0.05, 0.1) is 23.2 Å². The zero-order valence-electron chi connectivity index (χ0n) is 18.1. The lowest BCUT2D eigenvalue weighted by Crippen LogP contribution is -2.27. The molecule has 0 saturated heterocycles.